The lowest BCUT2D eigenvalue weighted by atomic mass is 10.0. The molecule has 2 aromatic rings. The number of nitro groups is 1. The largest absolute Gasteiger partial charge is 0.289 e. The Kier molecular flexibility index (Phi) is 4.73. The molecule has 0 atom stereocenters. The van der Waals surface area contributed by atoms with Crippen LogP contribution < -0.4 is 0 Å². The molecule has 0 aromatic heterocycles. The molecular weight excluding hydrogens is 302 g/mol. The van der Waals surface area contributed by atoms with Gasteiger partial charge in [-0.1, -0.05) is 47.5 Å². The molecule has 0 saturated carbocycles. The molecule has 4 nitrogen and oxygen atoms in total. The van der Waals surface area contributed by atoms with Gasteiger partial charge in [-0.15, -0.1) is 0 Å². The van der Waals surface area contributed by atoms with Crippen molar-refractivity contribution >= 4 is 29.1 Å². The molecule has 2 aromatic carbocycles. The third-order valence-corrected chi connectivity index (χ3v) is 3.56. The number of hydrogen-bond donors (Lipinski definition) is 0. The lowest BCUT2D eigenvalue weighted by Crippen LogP contribution is -1.98. The van der Waals surface area contributed by atoms with Crippen molar-refractivity contribution in [1.82, 2.24) is 0 Å². The molecule has 0 saturated heterocycles. The first-order valence-electron chi connectivity index (χ1n) is 6.62. The summed E-state index contributed by atoms with van der Waals surface area (Å²) in [5, 5.41) is 10.9. The van der Waals surface area contributed by atoms with E-state index in [1.165, 1.54) is 18.2 Å². The predicted octanol–water partition coefficient (Wildman–Crippen LogP) is 4.76. The first kappa shape index (κ1) is 15.9. The molecule has 22 heavy (non-hydrogen) atoms. The van der Waals surface area contributed by atoms with Gasteiger partial charge in [0.25, 0.3) is 5.69 Å². The molecule has 2 rings (SSSR count). The summed E-state index contributed by atoms with van der Waals surface area (Å²) >= 11 is 5.75. The Hall–Kier alpha value is -2.46. The van der Waals surface area contributed by atoms with Crippen LogP contribution in [0.5, 0.6) is 0 Å². The van der Waals surface area contributed by atoms with Gasteiger partial charge in [0.05, 0.1) is 4.92 Å². The van der Waals surface area contributed by atoms with E-state index in [2.05, 4.69) is 0 Å². The fourth-order valence-corrected chi connectivity index (χ4v) is 2.31. The number of carbonyl (C=O) groups excluding carboxylic acids is 1. The Balaban J connectivity index is 2.26. The standard InChI is InChI=1S/C17H14ClNO3/c1-11-3-6-14(12(2)9-11)17(20)8-5-13-4-7-15(18)16(10-13)19(21)22/h3-10H,1-2H3/b8-5+. The summed E-state index contributed by atoms with van der Waals surface area (Å²) < 4.78 is 0. The van der Waals surface area contributed by atoms with Gasteiger partial charge in [0.1, 0.15) is 5.02 Å². The van der Waals surface area contributed by atoms with E-state index in [0.717, 1.165) is 11.1 Å². The molecule has 0 bridgehead atoms. The van der Waals surface area contributed by atoms with E-state index >= 15 is 0 Å². The number of hydrogen-bond acceptors (Lipinski definition) is 3. The van der Waals surface area contributed by atoms with Crippen molar-refractivity contribution in [1.29, 1.82) is 0 Å². The normalized spacial score (nSPS) is 10.9. The Morgan fingerprint density at radius 3 is 2.55 bits per heavy atom. The maximum absolute atomic E-state index is 12.2. The van der Waals surface area contributed by atoms with Gasteiger partial charge in [0.15, 0.2) is 5.78 Å². The number of aryl methyl sites for hydroxylation is 2. The Morgan fingerprint density at radius 1 is 1.18 bits per heavy atom. The number of halogens is 1. The van der Waals surface area contributed by atoms with Gasteiger partial charge >= 0.3 is 0 Å². The first-order chi connectivity index (χ1) is 10.4. The molecule has 0 heterocycles. The van der Waals surface area contributed by atoms with Crippen LogP contribution in [0.15, 0.2) is 42.5 Å². The van der Waals surface area contributed by atoms with Crippen LogP contribution in [0.25, 0.3) is 6.08 Å². The molecule has 0 N–H and O–H groups in total. The predicted molar refractivity (Wildman–Crippen MR) is 87.4 cm³/mol. The zero-order chi connectivity index (χ0) is 16.3. The summed E-state index contributed by atoms with van der Waals surface area (Å²) in [6, 6.07) is 10.0. The third-order valence-electron chi connectivity index (χ3n) is 3.24. The lowest BCUT2D eigenvalue weighted by Gasteiger charge is -2.03. The highest BCUT2D eigenvalue weighted by Crippen LogP contribution is 2.25. The third kappa shape index (κ3) is 3.59. The zero-order valence-electron chi connectivity index (χ0n) is 12.2. The maximum atomic E-state index is 12.2. The van der Waals surface area contributed by atoms with Crippen molar-refractivity contribution in [3.63, 3.8) is 0 Å². The van der Waals surface area contributed by atoms with Crippen molar-refractivity contribution in [2.75, 3.05) is 0 Å². The number of rotatable bonds is 4. The minimum Gasteiger partial charge on any atom is -0.289 e. The number of nitro benzene ring substituents is 1. The number of carbonyl (C=O) groups is 1. The highest BCUT2D eigenvalue weighted by atomic mass is 35.5. The van der Waals surface area contributed by atoms with Crippen molar-refractivity contribution in [3.05, 3.63) is 79.9 Å². The van der Waals surface area contributed by atoms with Gasteiger partial charge in [-0.2, -0.15) is 0 Å². The van der Waals surface area contributed by atoms with Crippen LogP contribution in [0.2, 0.25) is 5.02 Å². The highest BCUT2D eigenvalue weighted by molar-refractivity contribution is 6.32. The van der Waals surface area contributed by atoms with Gasteiger partial charge < -0.3 is 0 Å². The quantitative estimate of drug-likeness (QED) is 0.353. The second-order valence-electron chi connectivity index (χ2n) is 4.98. The highest BCUT2D eigenvalue weighted by Gasteiger charge is 2.12. The number of allylic oxidation sites excluding steroid dienone is 1. The van der Waals surface area contributed by atoms with Gasteiger partial charge in [-0.3, -0.25) is 14.9 Å². The molecular formula is C17H14ClNO3. The molecule has 0 aliphatic heterocycles. The average molecular weight is 316 g/mol. The van der Waals surface area contributed by atoms with Crippen molar-refractivity contribution in [2.45, 2.75) is 13.8 Å². The van der Waals surface area contributed by atoms with Gasteiger partial charge in [-0.05, 0) is 37.1 Å². The Morgan fingerprint density at radius 2 is 1.91 bits per heavy atom. The summed E-state index contributed by atoms with van der Waals surface area (Å²) in [5.41, 5.74) is 2.98. The monoisotopic (exact) mass is 315 g/mol. The molecule has 112 valence electrons. The van der Waals surface area contributed by atoms with Crippen molar-refractivity contribution in [3.8, 4) is 0 Å². The topological polar surface area (TPSA) is 60.2 Å². The summed E-state index contributed by atoms with van der Waals surface area (Å²) in [7, 11) is 0. The molecule has 0 aliphatic rings. The summed E-state index contributed by atoms with van der Waals surface area (Å²) in [6.07, 6.45) is 2.95. The number of ketones is 1. The number of benzene rings is 2. The van der Waals surface area contributed by atoms with Crippen LogP contribution in [-0.4, -0.2) is 10.7 Å². The molecule has 0 aliphatic carbocycles. The second-order valence-corrected chi connectivity index (χ2v) is 5.39. The summed E-state index contributed by atoms with van der Waals surface area (Å²) in [5.74, 6) is -0.143. The van der Waals surface area contributed by atoms with E-state index < -0.39 is 4.92 Å². The van der Waals surface area contributed by atoms with E-state index in [4.69, 9.17) is 11.6 Å². The molecule has 0 radical (unpaired) electrons. The molecule has 0 unspecified atom stereocenters. The van der Waals surface area contributed by atoms with E-state index in [0.29, 0.717) is 11.1 Å². The van der Waals surface area contributed by atoms with Gasteiger partial charge in [0.2, 0.25) is 0 Å². The van der Waals surface area contributed by atoms with E-state index in [9.17, 15) is 14.9 Å². The van der Waals surface area contributed by atoms with Crippen LogP contribution in [0.4, 0.5) is 5.69 Å². The Labute approximate surface area is 133 Å². The van der Waals surface area contributed by atoms with Crippen LogP contribution in [0, 0.1) is 24.0 Å². The van der Waals surface area contributed by atoms with Crippen LogP contribution in [0.1, 0.15) is 27.0 Å². The van der Waals surface area contributed by atoms with E-state index in [1.54, 1.807) is 18.2 Å². The van der Waals surface area contributed by atoms with Crippen LogP contribution in [-0.2, 0) is 0 Å². The summed E-state index contributed by atoms with van der Waals surface area (Å²) in [6.45, 7) is 3.84. The van der Waals surface area contributed by atoms with Crippen LogP contribution >= 0.6 is 11.6 Å². The molecule has 0 spiro atoms. The van der Waals surface area contributed by atoms with Gasteiger partial charge in [-0.25, -0.2) is 0 Å². The minimum atomic E-state index is -0.550. The zero-order valence-corrected chi connectivity index (χ0v) is 12.9. The fraction of sp³-hybridized carbons (Fsp3) is 0.118. The molecule has 5 heteroatoms. The van der Waals surface area contributed by atoms with E-state index in [1.807, 2.05) is 26.0 Å². The average Bonchev–Trinajstić information content (AvgIpc) is 2.45. The lowest BCUT2D eigenvalue weighted by molar-refractivity contribution is -0.384. The summed E-state index contributed by atoms with van der Waals surface area (Å²) in [4.78, 5) is 22.5. The maximum Gasteiger partial charge on any atom is 0.288 e. The van der Waals surface area contributed by atoms with Crippen molar-refractivity contribution < 1.29 is 9.72 Å². The fourth-order valence-electron chi connectivity index (χ4n) is 2.13. The minimum absolute atomic E-state index is 0.0721. The van der Waals surface area contributed by atoms with Gasteiger partial charge in [0, 0.05) is 11.6 Å². The van der Waals surface area contributed by atoms with Crippen LogP contribution in [0.3, 0.4) is 0 Å². The SMILES string of the molecule is Cc1ccc(C(=O)/C=C/c2ccc(Cl)c([N+](=O)[O-])c2)c(C)c1. The molecule has 0 amide bonds. The first-order valence-corrected chi connectivity index (χ1v) is 7.00. The van der Waals surface area contributed by atoms with Crippen molar-refractivity contribution in [2.24, 2.45) is 0 Å². The number of nitrogens with zero attached hydrogens (tertiary/aromatic N) is 1. The smallest absolute Gasteiger partial charge is 0.288 e. The molecule has 0 fully saturated rings. The Bertz CT molecular complexity index is 781. The van der Waals surface area contributed by atoms with E-state index in [-0.39, 0.29) is 16.5 Å². The second kappa shape index (κ2) is 6.54.